The van der Waals surface area contributed by atoms with Crippen LogP contribution in [0, 0.1) is 5.92 Å². The molecule has 0 unspecified atom stereocenters. The van der Waals surface area contributed by atoms with Crippen molar-refractivity contribution in [3.05, 3.63) is 59.7 Å². The second kappa shape index (κ2) is 12.9. The van der Waals surface area contributed by atoms with Crippen LogP contribution in [-0.4, -0.2) is 49.6 Å². The normalized spacial score (nSPS) is 17.2. The quantitative estimate of drug-likeness (QED) is 0.368. The number of alkyl carbamates (subject to hydrolysis) is 1. The predicted molar refractivity (Wildman–Crippen MR) is 144 cm³/mol. The second-order valence-corrected chi connectivity index (χ2v) is 10.4. The molecule has 1 saturated heterocycles. The Morgan fingerprint density at radius 1 is 1.00 bits per heavy atom. The third-order valence-corrected chi connectivity index (χ3v) is 7.29. The first-order valence-corrected chi connectivity index (χ1v) is 13.6. The highest BCUT2D eigenvalue weighted by atomic mass is 16.5. The summed E-state index contributed by atoms with van der Waals surface area (Å²) in [4.78, 5) is 37.7. The zero-order valence-corrected chi connectivity index (χ0v) is 21.9. The maximum Gasteiger partial charge on any atom is 0.407 e. The monoisotopic (exact) mass is 505 g/mol. The maximum absolute atomic E-state index is 12.7. The van der Waals surface area contributed by atoms with Gasteiger partial charge in [0.2, 0.25) is 5.91 Å². The molecular formula is C30H39N3O4. The molecule has 1 heterocycles. The second-order valence-electron chi connectivity index (χ2n) is 10.4. The van der Waals surface area contributed by atoms with Gasteiger partial charge in [0.05, 0.1) is 6.04 Å². The Kier molecular flexibility index (Phi) is 9.34. The number of carbonyl (C=O) groups excluding carboxylic acids is 3. The van der Waals surface area contributed by atoms with E-state index in [0.29, 0.717) is 19.4 Å². The molecule has 0 saturated carbocycles. The number of unbranched alkanes of at least 4 members (excludes halogenated alkanes) is 1. The molecule has 2 amide bonds. The number of ketones is 1. The Morgan fingerprint density at radius 2 is 1.68 bits per heavy atom. The van der Waals surface area contributed by atoms with Gasteiger partial charge < -0.3 is 20.7 Å². The average molecular weight is 506 g/mol. The first kappa shape index (κ1) is 26.9. The summed E-state index contributed by atoms with van der Waals surface area (Å²) in [6.07, 6.45) is 3.75. The zero-order valence-electron chi connectivity index (χ0n) is 21.9. The lowest BCUT2D eigenvalue weighted by Gasteiger charge is -2.20. The van der Waals surface area contributed by atoms with Crippen molar-refractivity contribution in [2.75, 3.05) is 19.7 Å². The number of hydrogen-bond acceptors (Lipinski definition) is 5. The van der Waals surface area contributed by atoms with Gasteiger partial charge in [-0.3, -0.25) is 9.59 Å². The molecule has 1 aliphatic heterocycles. The molecule has 0 bridgehead atoms. The largest absolute Gasteiger partial charge is 0.449 e. The van der Waals surface area contributed by atoms with Crippen molar-refractivity contribution in [1.82, 2.24) is 16.0 Å². The van der Waals surface area contributed by atoms with Crippen LogP contribution in [-0.2, 0) is 14.3 Å². The first-order valence-electron chi connectivity index (χ1n) is 13.6. The van der Waals surface area contributed by atoms with Gasteiger partial charge in [0.1, 0.15) is 6.61 Å². The Morgan fingerprint density at radius 3 is 2.30 bits per heavy atom. The fourth-order valence-corrected chi connectivity index (χ4v) is 5.43. The van der Waals surface area contributed by atoms with Crippen LogP contribution >= 0.6 is 0 Å². The summed E-state index contributed by atoms with van der Waals surface area (Å²) in [6.45, 7) is 5.46. The van der Waals surface area contributed by atoms with E-state index >= 15 is 0 Å². The molecule has 37 heavy (non-hydrogen) atoms. The molecule has 2 aliphatic rings. The van der Waals surface area contributed by atoms with Gasteiger partial charge in [0, 0.05) is 30.8 Å². The lowest BCUT2D eigenvalue weighted by Crippen LogP contribution is -2.39. The standard InChI is InChI=1S/C30H39N3O4/c1-20(2)33-29(35)21(18-28(34)27-15-9-17-31-27)10-7-8-16-32-30(36)37-19-26-24-13-5-3-11-22(24)23-12-4-6-14-25(23)26/h3-6,11-14,20-21,26-27,31H,7-10,15-19H2,1-2H3,(H,32,36)(H,33,35)/t21-,27+/m1/s1. The van der Waals surface area contributed by atoms with E-state index in [4.69, 9.17) is 4.74 Å². The van der Waals surface area contributed by atoms with Crippen LogP contribution in [0.25, 0.3) is 11.1 Å². The minimum atomic E-state index is -0.432. The smallest absolute Gasteiger partial charge is 0.407 e. The van der Waals surface area contributed by atoms with Crippen LogP contribution in [0.2, 0.25) is 0 Å². The van der Waals surface area contributed by atoms with E-state index in [2.05, 4.69) is 40.2 Å². The Hall–Kier alpha value is -3.19. The molecule has 4 rings (SSSR count). The molecule has 3 N–H and O–H groups in total. The van der Waals surface area contributed by atoms with Crippen molar-refractivity contribution in [3.8, 4) is 11.1 Å². The number of carbonyl (C=O) groups is 3. The number of hydrogen-bond donors (Lipinski definition) is 3. The lowest BCUT2D eigenvalue weighted by atomic mass is 9.92. The summed E-state index contributed by atoms with van der Waals surface area (Å²) >= 11 is 0. The van der Waals surface area contributed by atoms with Crippen molar-refractivity contribution in [2.45, 2.75) is 70.4 Å². The third kappa shape index (κ3) is 6.98. The molecule has 0 radical (unpaired) electrons. The molecule has 1 fully saturated rings. The van der Waals surface area contributed by atoms with E-state index in [-0.39, 0.29) is 48.6 Å². The van der Waals surface area contributed by atoms with Crippen LogP contribution < -0.4 is 16.0 Å². The van der Waals surface area contributed by atoms with Crippen LogP contribution in [0.1, 0.15) is 69.4 Å². The summed E-state index contributed by atoms with van der Waals surface area (Å²) in [5.74, 6) is -0.249. The number of amides is 2. The van der Waals surface area contributed by atoms with E-state index in [0.717, 1.165) is 25.8 Å². The van der Waals surface area contributed by atoms with Gasteiger partial charge in [-0.05, 0) is 68.3 Å². The minimum absolute atomic E-state index is 0.0324. The first-order chi connectivity index (χ1) is 17.9. The molecule has 0 spiro atoms. The lowest BCUT2D eigenvalue weighted by molar-refractivity contribution is -0.130. The number of rotatable bonds is 12. The van der Waals surface area contributed by atoms with Gasteiger partial charge in [0.25, 0.3) is 0 Å². The van der Waals surface area contributed by atoms with Crippen molar-refractivity contribution in [3.63, 3.8) is 0 Å². The highest BCUT2D eigenvalue weighted by Crippen LogP contribution is 2.44. The van der Waals surface area contributed by atoms with Crippen molar-refractivity contribution in [2.24, 2.45) is 5.92 Å². The van der Waals surface area contributed by atoms with Crippen LogP contribution in [0.5, 0.6) is 0 Å². The van der Waals surface area contributed by atoms with Gasteiger partial charge in [-0.15, -0.1) is 0 Å². The fraction of sp³-hybridized carbons (Fsp3) is 0.500. The van der Waals surface area contributed by atoms with Gasteiger partial charge in [-0.1, -0.05) is 55.0 Å². The average Bonchev–Trinajstić information content (AvgIpc) is 3.53. The topological polar surface area (TPSA) is 96.5 Å². The Bertz CT molecular complexity index is 1050. The van der Waals surface area contributed by atoms with Gasteiger partial charge in [-0.25, -0.2) is 4.79 Å². The Balaban J connectivity index is 1.20. The third-order valence-electron chi connectivity index (χ3n) is 7.29. The molecule has 7 nitrogen and oxygen atoms in total. The number of nitrogens with one attached hydrogen (secondary N) is 3. The minimum Gasteiger partial charge on any atom is -0.449 e. The van der Waals surface area contributed by atoms with E-state index in [1.165, 1.54) is 22.3 Å². The summed E-state index contributed by atoms with van der Waals surface area (Å²) in [5.41, 5.74) is 4.77. The molecule has 2 aromatic rings. The van der Waals surface area contributed by atoms with Gasteiger partial charge >= 0.3 is 6.09 Å². The van der Waals surface area contributed by atoms with Crippen LogP contribution in [0.3, 0.4) is 0 Å². The molecule has 198 valence electrons. The summed E-state index contributed by atoms with van der Waals surface area (Å²) in [6, 6.07) is 16.4. The highest BCUT2D eigenvalue weighted by molar-refractivity contribution is 5.90. The number of ether oxygens (including phenoxy) is 1. The number of Topliss-reactive ketones (excluding diaryl/α,β-unsaturated/α-hetero) is 1. The molecule has 2 aromatic carbocycles. The number of fused-ring (bicyclic) bond motifs is 3. The molecule has 7 heteroatoms. The van der Waals surface area contributed by atoms with E-state index < -0.39 is 6.09 Å². The van der Waals surface area contributed by atoms with Crippen molar-refractivity contribution < 1.29 is 19.1 Å². The van der Waals surface area contributed by atoms with Crippen molar-refractivity contribution in [1.29, 1.82) is 0 Å². The summed E-state index contributed by atoms with van der Waals surface area (Å²) in [5, 5.41) is 9.02. The van der Waals surface area contributed by atoms with E-state index in [1.807, 2.05) is 38.1 Å². The summed E-state index contributed by atoms with van der Waals surface area (Å²) in [7, 11) is 0. The maximum atomic E-state index is 12.7. The molecule has 0 aromatic heterocycles. The molecule has 1 aliphatic carbocycles. The van der Waals surface area contributed by atoms with Crippen molar-refractivity contribution >= 4 is 17.8 Å². The molecular weight excluding hydrogens is 466 g/mol. The number of benzene rings is 2. The zero-order chi connectivity index (χ0) is 26.2. The van der Waals surface area contributed by atoms with Gasteiger partial charge in [-0.2, -0.15) is 0 Å². The Labute approximate surface area is 219 Å². The summed E-state index contributed by atoms with van der Waals surface area (Å²) < 4.78 is 5.59. The van der Waals surface area contributed by atoms with Crippen LogP contribution in [0.4, 0.5) is 4.79 Å². The molecule has 2 atom stereocenters. The predicted octanol–water partition coefficient (Wildman–Crippen LogP) is 4.55. The van der Waals surface area contributed by atoms with Crippen LogP contribution in [0.15, 0.2) is 48.5 Å². The highest BCUT2D eigenvalue weighted by Gasteiger charge is 2.30. The SMILES string of the molecule is CC(C)NC(=O)[C@H](CCCCNC(=O)OCC1c2ccccc2-c2ccccc21)CC(=O)[C@@H]1CCCN1. The van der Waals surface area contributed by atoms with E-state index in [9.17, 15) is 14.4 Å². The van der Waals surface area contributed by atoms with E-state index in [1.54, 1.807) is 0 Å². The van der Waals surface area contributed by atoms with Gasteiger partial charge in [0.15, 0.2) is 5.78 Å². The fourth-order valence-electron chi connectivity index (χ4n) is 5.43.